The van der Waals surface area contributed by atoms with Crippen molar-refractivity contribution < 1.29 is 9.59 Å². The summed E-state index contributed by atoms with van der Waals surface area (Å²) in [4.78, 5) is 22.5. The lowest BCUT2D eigenvalue weighted by molar-refractivity contribution is -0.138. The second-order valence-electron chi connectivity index (χ2n) is 4.65. The van der Waals surface area contributed by atoms with Gasteiger partial charge in [-0.2, -0.15) is 5.10 Å². The molecule has 0 bridgehead atoms. The number of hydrogen-bond donors (Lipinski definition) is 3. The number of halogens is 2. The second kappa shape index (κ2) is 8.33. The van der Waals surface area contributed by atoms with E-state index in [1.807, 2.05) is 12.1 Å². The molecule has 0 aliphatic heterocycles. The third-order valence-corrected chi connectivity index (χ3v) is 3.39. The molecule has 6 nitrogen and oxygen atoms in total. The van der Waals surface area contributed by atoms with Crippen LogP contribution in [-0.4, -0.2) is 25.1 Å². The van der Waals surface area contributed by atoms with Crippen molar-refractivity contribution in [3.63, 3.8) is 0 Å². The van der Waals surface area contributed by atoms with E-state index in [0.29, 0.717) is 21.3 Å². The van der Waals surface area contributed by atoms with Crippen LogP contribution in [0, 0.1) is 0 Å². The number of benzene rings is 2. The lowest BCUT2D eigenvalue weighted by Gasteiger charge is -2.10. The van der Waals surface area contributed by atoms with Crippen molar-refractivity contribution in [2.75, 3.05) is 12.4 Å². The zero-order valence-electron chi connectivity index (χ0n) is 12.6. The van der Waals surface area contributed by atoms with Crippen LogP contribution in [0.25, 0.3) is 0 Å². The highest BCUT2D eigenvalue weighted by Crippen LogP contribution is 2.24. The first-order chi connectivity index (χ1) is 11.5. The van der Waals surface area contributed by atoms with Gasteiger partial charge in [0.05, 0.1) is 6.21 Å². The van der Waals surface area contributed by atoms with Gasteiger partial charge in [-0.05, 0) is 36.4 Å². The highest BCUT2D eigenvalue weighted by atomic mass is 35.5. The Kier molecular flexibility index (Phi) is 6.17. The van der Waals surface area contributed by atoms with Gasteiger partial charge in [0, 0.05) is 34.0 Å². The van der Waals surface area contributed by atoms with E-state index in [-0.39, 0.29) is 0 Å². The number of amides is 2. The van der Waals surface area contributed by atoms with E-state index >= 15 is 0 Å². The summed E-state index contributed by atoms with van der Waals surface area (Å²) in [5.74, 6) is -1.64. The minimum Gasteiger partial charge on any atom is -0.355 e. The van der Waals surface area contributed by atoms with Crippen LogP contribution in [0.2, 0.25) is 10.0 Å². The molecule has 0 saturated carbocycles. The van der Waals surface area contributed by atoms with E-state index in [9.17, 15) is 9.59 Å². The van der Waals surface area contributed by atoms with Crippen LogP contribution >= 0.6 is 23.2 Å². The van der Waals surface area contributed by atoms with Crippen LogP contribution in [0.3, 0.4) is 0 Å². The number of nitrogens with one attached hydrogen (secondary N) is 3. The normalized spacial score (nSPS) is 10.5. The molecular formula is C16H14Cl2N4O2. The third kappa shape index (κ3) is 4.97. The first-order valence-corrected chi connectivity index (χ1v) is 7.62. The average Bonchev–Trinajstić information content (AvgIpc) is 2.56. The molecule has 24 heavy (non-hydrogen) atoms. The quantitative estimate of drug-likeness (QED) is 0.443. The van der Waals surface area contributed by atoms with Crippen molar-refractivity contribution in [1.82, 2.24) is 10.7 Å². The van der Waals surface area contributed by atoms with Crippen molar-refractivity contribution >= 4 is 52.6 Å². The first-order valence-electron chi connectivity index (χ1n) is 6.87. The molecule has 2 aromatic rings. The monoisotopic (exact) mass is 364 g/mol. The van der Waals surface area contributed by atoms with E-state index < -0.39 is 11.8 Å². The molecule has 0 heterocycles. The van der Waals surface area contributed by atoms with Crippen molar-refractivity contribution in [2.45, 2.75) is 0 Å². The maximum atomic E-state index is 11.4. The maximum absolute atomic E-state index is 11.4. The fourth-order valence-electron chi connectivity index (χ4n) is 1.80. The minimum atomic E-state index is -0.861. The average molecular weight is 365 g/mol. The van der Waals surface area contributed by atoms with Crippen molar-refractivity contribution in [1.29, 1.82) is 0 Å². The Labute approximate surface area is 148 Å². The molecule has 0 radical (unpaired) electrons. The number of nitrogens with zero attached hydrogens (tertiary/aromatic N) is 1. The number of anilines is 2. The van der Waals surface area contributed by atoms with Gasteiger partial charge in [0.1, 0.15) is 0 Å². The Morgan fingerprint density at radius 3 is 2.50 bits per heavy atom. The van der Waals surface area contributed by atoms with Gasteiger partial charge in [-0.25, -0.2) is 5.43 Å². The van der Waals surface area contributed by atoms with Crippen LogP contribution in [0.4, 0.5) is 11.4 Å². The van der Waals surface area contributed by atoms with Crippen molar-refractivity contribution in [2.24, 2.45) is 5.10 Å². The fourth-order valence-corrected chi connectivity index (χ4v) is 2.17. The van der Waals surface area contributed by atoms with Gasteiger partial charge in [0.15, 0.2) is 0 Å². The number of rotatable bonds is 4. The molecule has 0 saturated heterocycles. The molecule has 0 unspecified atom stereocenters. The molecule has 2 aromatic carbocycles. The van der Waals surface area contributed by atoms with E-state index in [1.165, 1.54) is 13.3 Å². The zero-order chi connectivity index (χ0) is 17.5. The SMILES string of the molecule is CNC(=O)C(=O)N/N=C\c1cc(Cl)ccc1Nc1cccc(Cl)c1. The van der Waals surface area contributed by atoms with Crippen molar-refractivity contribution in [3.05, 3.63) is 58.1 Å². The van der Waals surface area contributed by atoms with Gasteiger partial charge in [0.25, 0.3) is 0 Å². The molecule has 0 aliphatic rings. The zero-order valence-corrected chi connectivity index (χ0v) is 14.2. The van der Waals surface area contributed by atoms with Gasteiger partial charge in [-0.15, -0.1) is 0 Å². The van der Waals surface area contributed by atoms with E-state index in [4.69, 9.17) is 23.2 Å². The smallest absolute Gasteiger partial charge is 0.329 e. The topological polar surface area (TPSA) is 82.6 Å². The molecule has 3 N–H and O–H groups in total. The molecule has 0 aromatic heterocycles. The number of hydrazone groups is 1. The minimum absolute atomic E-state index is 0.505. The second-order valence-corrected chi connectivity index (χ2v) is 5.52. The fraction of sp³-hybridized carbons (Fsp3) is 0.0625. The van der Waals surface area contributed by atoms with Gasteiger partial charge in [-0.3, -0.25) is 9.59 Å². The van der Waals surface area contributed by atoms with E-state index in [1.54, 1.807) is 30.3 Å². The molecule has 0 aliphatic carbocycles. The van der Waals surface area contributed by atoms with Gasteiger partial charge in [0.2, 0.25) is 0 Å². The standard InChI is InChI=1S/C16H14Cl2N4O2/c1-19-15(23)16(24)22-20-9-10-7-12(18)5-6-14(10)21-13-4-2-3-11(17)8-13/h2-9,21H,1H3,(H,19,23)(H,22,24)/b20-9-. The molecule has 8 heteroatoms. The highest BCUT2D eigenvalue weighted by Gasteiger charge is 2.09. The Balaban J connectivity index is 2.18. The molecular weight excluding hydrogens is 351 g/mol. The Morgan fingerprint density at radius 2 is 1.79 bits per heavy atom. The summed E-state index contributed by atoms with van der Waals surface area (Å²) in [5.41, 5.74) is 4.25. The van der Waals surface area contributed by atoms with Crippen LogP contribution in [0.1, 0.15) is 5.56 Å². The summed E-state index contributed by atoms with van der Waals surface area (Å²) >= 11 is 12.0. The summed E-state index contributed by atoms with van der Waals surface area (Å²) in [5, 5.41) is 10.3. The number of hydrogen-bond acceptors (Lipinski definition) is 4. The lowest BCUT2D eigenvalue weighted by atomic mass is 10.2. The number of likely N-dealkylation sites (N-methyl/N-ethyl adjacent to an activating group) is 1. The first kappa shape index (κ1) is 17.8. The molecule has 0 spiro atoms. The van der Waals surface area contributed by atoms with E-state index in [2.05, 4.69) is 21.2 Å². The van der Waals surface area contributed by atoms with Crippen LogP contribution in [-0.2, 0) is 9.59 Å². The van der Waals surface area contributed by atoms with Crippen LogP contribution in [0.15, 0.2) is 47.6 Å². The van der Waals surface area contributed by atoms with Gasteiger partial charge in [-0.1, -0.05) is 29.3 Å². The summed E-state index contributed by atoms with van der Waals surface area (Å²) in [6.07, 6.45) is 1.39. The predicted molar refractivity (Wildman–Crippen MR) is 96.0 cm³/mol. The Bertz CT molecular complexity index is 793. The third-order valence-electron chi connectivity index (χ3n) is 2.92. The van der Waals surface area contributed by atoms with E-state index in [0.717, 1.165) is 5.69 Å². The summed E-state index contributed by atoms with van der Waals surface area (Å²) in [6.45, 7) is 0. The van der Waals surface area contributed by atoms with Crippen LogP contribution < -0.4 is 16.1 Å². The maximum Gasteiger partial charge on any atom is 0.329 e. The summed E-state index contributed by atoms with van der Waals surface area (Å²) < 4.78 is 0. The molecule has 2 amide bonds. The molecule has 2 rings (SSSR count). The molecule has 124 valence electrons. The van der Waals surface area contributed by atoms with Crippen LogP contribution in [0.5, 0.6) is 0 Å². The molecule has 0 fully saturated rings. The van der Waals surface area contributed by atoms with Gasteiger partial charge >= 0.3 is 11.8 Å². The van der Waals surface area contributed by atoms with Crippen molar-refractivity contribution in [3.8, 4) is 0 Å². The Morgan fingerprint density at radius 1 is 1.04 bits per heavy atom. The Hall–Kier alpha value is -2.57. The number of carbonyl (C=O) groups is 2. The molecule has 0 atom stereocenters. The summed E-state index contributed by atoms with van der Waals surface area (Å²) in [7, 11) is 1.36. The number of carbonyl (C=O) groups excluding carboxylic acids is 2. The summed E-state index contributed by atoms with van der Waals surface area (Å²) in [6, 6.07) is 12.4. The lowest BCUT2D eigenvalue weighted by Crippen LogP contribution is -2.35. The highest BCUT2D eigenvalue weighted by molar-refractivity contribution is 6.35. The van der Waals surface area contributed by atoms with Gasteiger partial charge < -0.3 is 10.6 Å². The predicted octanol–water partition coefficient (Wildman–Crippen LogP) is 2.93. The largest absolute Gasteiger partial charge is 0.355 e.